The lowest BCUT2D eigenvalue weighted by Crippen LogP contribution is -2.22. The van der Waals surface area contributed by atoms with Crippen molar-refractivity contribution in [2.45, 2.75) is 13.8 Å². The quantitative estimate of drug-likeness (QED) is 0.572. The zero-order chi connectivity index (χ0) is 11.7. The molecule has 0 unspecified atom stereocenters. The predicted octanol–water partition coefficient (Wildman–Crippen LogP) is 0.159. The number of aromatic amines is 1. The van der Waals surface area contributed by atoms with Crippen LogP contribution in [0.15, 0.2) is 4.79 Å². The van der Waals surface area contributed by atoms with Crippen molar-refractivity contribution in [3.63, 3.8) is 0 Å². The second-order valence-electron chi connectivity index (χ2n) is 3.81. The number of nitrogens with one attached hydrogen (secondary N) is 4. The SMILES string of the molecule is CC(C)C(=O)Nc1nc2c(c(=O)[nH]1)NCN2. The average Bonchev–Trinajstić information content (AvgIpc) is 2.65. The molecule has 0 saturated heterocycles. The van der Waals surface area contributed by atoms with Gasteiger partial charge in [0.1, 0.15) is 5.69 Å². The van der Waals surface area contributed by atoms with Crippen LogP contribution in [0.25, 0.3) is 0 Å². The second-order valence-corrected chi connectivity index (χ2v) is 3.81. The summed E-state index contributed by atoms with van der Waals surface area (Å²) >= 11 is 0. The van der Waals surface area contributed by atoms with Gasteiger partial charge in [-0.3, -0.25) is 19.9 Å². The first-order valence-corrected chi connectivity index (χ1v) is 5.01. The van der Waals surface area contributed by atoms with Gasteiger partial charge < -0.3 is 10.6 Å². The molecule has 0 bridgehead atoms. The molecule has 86 valence electrons. The lowest BCUT2D eigenvalue weighted by atomic mass is 10.2. The molecule has 2 heterocycles. The minimum atomic E-state index is -0.297. The Hall–Kier alpha value is -2.05. The lowest BCUT2D eigenvalue weighted by Gasteiger charge is -2.07. The standard InChI is InChI=1S/C9H13N5O2/c1-4(2)7(15)13-9-12-6-5(8(16)14-9)10-3-11-6/h4,10H,3H2,1-2H3,(H3,11,12,13,14,15,16). The number of nitrogens with zero attached hydrogens (tertiary/aromatic N) is 1. The maximum absolute atomic E-state index is 11.5. The normalized spacial score (nSPS) is 12.9. The molecule has 0 saturated carbocycles. The van der Waals surface area contributed by atoms with E-state index in [4.69, 9.17) is 0 Å². The van der Waals surface area contributed by atoms with Crippen LogP contribution < -0.4 is 21.5 Å². The van der Waals surface area contributed by atoms with Crippen molar-refractivity contribution in [2.24, 2.45) is 5.92 Å². The van der Waals surface area contributed by atoms with Gasteiger partial charge in [-0.15, -0.1) is 0 Å². The summed E-state index contributed by atoms with van der Waals surface area (Å²) in [6.45, 7) is 3.99. The number of H-pyrrole nitrogens is 1. The molecule has 1 aliphatic rings. The van der Waals surface area contributed by atoms with Gasteiger partial charge in [-0.05, 0) is 0 Å². The van der Waals surface area contributed by atoms with Crippen molar-refractivity contribution in [3.05, 3.63) is 10.4 Å². The fourth-order valence-electron chi connectivity index (χ4n) is 1.30. The Balaban J connectivity index is 2.27. The summed E-state index contributed by atoms with van der Waals surface area (Å²) in [7, 11) is 0. The molecule has 7 heteroatoms. The van der Waals surface area contributed by atoms with Crippen LogP contribution in [0.3, 0.4) is 0 Å². The number of anilines is 3. The molecule has 0 spiro atoms. The van der Waals surface area contributed by atoms with Crippen LogP contribution in [0.5, 0.6) is 0 Å². The third-order valence-electron chi connectivity index (χ3n) is 2.21. The number of hydrogen-bond donors (Lipinski definition) is 4. The number of aromatic nitrogens is 2. The minimum absolute atomic E-state index is 0.162. The third-order valence-corrected chi connectivity index (χ3v) is 2.21. The summed E-state index contributed by atoms with van der Waals surface area (Å²) in [4.78, 5) is 29.5. The maximum atomic E-state index is 11.5. The second kappa shape index (κ2) is 3.84. The van der Waals surface area contributed by atoms with Gasteiger partial charge >= 0.3 is 0 Å². The van der Waals surface area contributed by atoms with Gasteiger partial charge in [0.05, 0.1) is 6.67 Å². The number of fused-ring (bicyclic) bond motifs is 1. The summed E-state index contributed by atoms with van der Waals surface area (Å²) in [5, 5.41) is 8.27. The molecule has 1 aromatic rings. The van der Waals surface area contributed by atoms with Gasteiger partial charge in [0, 0.05) is 5.92 Å². The highest BCUT2D eigenvalue weighted by Gasteiger charge is 2.17. The van der Waals surface area contributed by atoms with Crippen LogP contribution in [-0.4, -0.2) is 22.5 Å². The topological polar surface area (TPSA) is 98.9 Å². The average molecular weight is 223 g/mol. The summed E-state index contributed by atoms with van der Waals surface area (Å²) in [6.07, 6.45) is 0. The molecule has 0 aliphatic carbocycles. The van der Waals surface area contributed by atoms with Gasteiger partial charge in [-0.25, -0.2) is 0 Å². The molecule has 1 aliphatic heterocycles. The van der Waals surface area contributed by atoms with E-state index in [1.165, 1.54) is 0 Å². The predicted molar refractivity (Wildman–Crippen MR) is 60.4 cm³/mol. The minimum Gasteiger partial charge on any atom is -0.360 e. The Morgan fingerprint density at radius 2 is 2.19 bits per heavy atom. The van der Waals surface area contributed by atoms with E-state index in [-0.39, 0.29) is 23.3 Å². The molecule has 0 fully saturated rings. The van der Waals surface area contributed by atoms with Crippen LogP contribution in [0.2, 0.25) is 0 Å². The molecule has 1 amide bonds. The van der Waals surface area contributed by atoms with Crippen molar-refractivity contribution in [1.29, 1.82) is 0 Å². The molecule has 0 radical (unpaired) electrons. The first-order valence-electron chi connectivity index (χ1n) is 5.01. The van der Waals surface area contributed by atoms with Crippen LogP contribution >= 0.6 is 0 Å². The summed E-state index contributed by atoms with van der Waals surface area (Å²) in [5.41, 5.74) is 0.108. The fraction of sp³-hybridized carbons (Fsp3) is 0.444. The van der Waals surface area contributed by atoms with E-state index in [1.807, 2.05) is 0 Å². The van der Waals surface area contributed by atoms with Crippen LogP contribution in [0, 0.1) is 5.92 Å². The zero-order valence-corrected chi connectivity index (χ0v) is 9.05. The van der Waals surface area contributed by atoms with Gasteiger partial charge in [0.2, 0.25) is 11.9 Å². The zero-order valence-electron chi connectivity index (χ0n) is 9.05. The Kier molecular flexibility index (Phi) is 2.51. The highest BCUT2D eigenvalue weighted by Crippen LogP contribution is 2.19. The fourth-order valence-corrected chi connectivity index (χ4v) is 1.30. The molecular weight excluding hydrogens is 210 g/mol. The van der Waals surface area contributed by atoms with Crippen molar-refractivity contribution >= 4 is 23.4 Å². The van der Waals surface area contributed by atoms with Crippen molar-refractivity contribution in [2.75, 3.05) is 22.6 Å². The maximum Gasteiger partial charge on any atom is 0.277 e. The van der Waals surface area contributed by atoms with Crippen LogP contribution in [0.4, 0.5) is 17.5 Å². The van der Waals surface area contributed by atoms with E-state index in [0.717, 1.165) is 0 Å². The van der Waals surface area contributed by atoms with E-state index in [9.17, 15) is 9.59 Å². The van der Waals surface area contributed by atoms with Crippen LogP contribution in [0.1, 0.15) is 13.8 Å². The first kappa shape index (κ1) is 10.5. The van der Waals surface area contributed by atoms with Gasteiger partial charge in [-0.1, -0.05) is 13.8 Å². The van der Waals surface area contributed by atoms with E-state index in [2.05, 4.69) is 25.9 Å². The molecule has 0 aromatic carbocycles. The first-order chi connectivity index (χ1) is 7.58. The van der Waals surface area contributed by atoms with E-state index >= 15 is 0 Å². The van der Waals surface area contributed by atoms with E-state index in [0.29, 0.717) is 18.2 Å². The third kappa shape index (κ3) is 1.83. The smallest absolute Gasteiger partial charge is 0.277 e. The van der Waals surface area contributed by atoms with Crippen molar-refractivity contribution < 1.29 is 4.79 Å². The van der Waals surface area contributed by atoms with Gasteiger partial charge in [0.25, 0.3) is 5.56 Å². The molecule has 0 atom stereocenters. The largest absolute Gasteiger partial charge is 0.360 e. The van der Waals surface area contributed by atoms with Gasteiger partial charge in [-0.2, -0.15) is 4.98 Å². The number of carbonyl (C=O) groups is 1. The lowest BCUT2D eigenvalue weighted by molar-refractivity contribution is -0.118. The molecule has 4 N–H and O–H groups in total. The molecule has 16 heavy (non-hydrogen) atoms. The number of hydrogen-bond acceptors (Lipinski definition) is 5. The van der Waals surface area contributed by atoms with Crippen molar-refractivity contribution in [3.8, 4) is 0 Å². The summed E-state index contributed by atoms with van der Waals surface area (Å²) in [5.74, 6) is 0.278. The van der Waals surface area contributed by atoms with Crippen molar-refractivity contribution in [1.82, 2.24) is 9.97 Å². The molecule has 1 aromatic heterocycles. The Labute approximate surface area is 91.7 Å². The molecule has 2 rings (SSSR count). The Morgan fingerprint density at radius 1 is 1.44 bits per heavy atom. The monoisotopic (exact) mass is 223 g/mol. The molecule has 7 nitrogen and oxygen atoms in total. The Bertz CT molecular complexity index is 479. The highest BCUT2D eigenvalue weighted by molar-refractivity contribution is 5.90. The summed E-state index contributed by atoms with van der Waals surface area (Å²) in [6, 6.07) is 0. The Morgan fingerprint density at radius 3 is 2.88 bits per heavy atom. The number of carbonyl (C=O) groups excluding carboxylic acids is 1. The van der Waals surface area contributed by atoms with E-state index < -0.39 is 0 Å². The number of amides is 1. The number of rotatable bonds is 2. The highest BCUT2D eigenvalue weighted by atomic mass is 16.2. The summed E-state index contributed by atoms with van der Waals surface area (Å²) < 4.78 is 0. The van der Waals surface area contributed by atoms with E-state index in [1.54, 1.807) is 13.8 Å². The van der Waals surface area contributed by atoms with Crippen LogP contribution in [-0.2, 0) is 4.79 Å². The molecular formula is C9H13N5O2. The van der Waals surface area contributed by atoms with Gasteiger partial charge in [0.15, 0.2) is 5.82 Å².